The summed E-state index contributed by atoms with van der Waals surface area (Å²) in [4.78, 5) is 25.5. The molecule has 0 atom stereocenters. The van der Waals surface area contributed by atoms with Gasteiger partial charge in [-0.15, -0.1) is 0 Å². The van der Waals surface area contributed by atoms with Crippen LogP contribution in [0, 0.1) is 6.92 Å². The minimum absolute atomic E-state index is 0.0429. The van der Waals surface area contributed by atoms with E-state index in [1.54, 1.807) is 6.07 Å². The van der Waals surface area contributed by atoms with E-state index in [1.807, 2.05) is 29.2 Å². The fourth-order valence-electron chi connectivity index (χ4n) is 3.55. The minimum atomic E-state index is -0.0429. The van der Waals surface area contributed by atoms with Gasteiger partial charge in [-0.2, -0.15) is 0 Å². The van der Waals surface area contributed by atoms with Crippen LogP contribution in [0.4, 0.5) is 11.5 Å². The number of piperazine rings is 1. The van der Waals surface area contributed by atoms with Crippen molar-refractivity contribution < 1.29 is 4.79 Å². The lowest BCUT2D eigenvalue weighted by Gasteiger charge is -2.36. The van der Waals surface area contributed by atoms with Crippen molar-refractivity contribution in [3.63, 3.8) is 0 Å². The molecule has 1 N–H and O–H groups in total. The van der Waals surface area contributed by atoms with Crippen LogP contribution in [0.25, 0.3) is 0 Å². The second-order valence-corrected chi connectivity index (χ2v) is 7.25. The number of benzene rings is 2. The molecule has 0 saturated carbocycles. The Morgan fingerprint density at radius 2 is 1.76 bits per heavy atom. The highest BCUT2D eigenvalue weighted by Crippen LogP contribution is 2.17. The molecule has 0 aliphatic carbocycles. The molecular formula is C23H25N5O. The van der Waals surface area contributed by atoms with E-state index < -0.39 is 0 Å². The molecule has 0 radical (unpaired) electrons. The Bertz CT molecular complexity index is 968. The molecule has 29 heavy (non-hydrogen) atoms. The van der Waals surface area contributed by atoms with Crippen molar-refractivity contribution >= 4 is 17.4 Å². The van der Waals surface area contributed by atoms with Crippen LogP contribution in [-0.4, -0.2) is 47.0 Å². The molecule has 1 aromatic heterocycles. The molecule has 148 valence electrons. The smallest absolute Gasteiger partial charge is 0.272 e. The third-order valence-corrected chi connectivity index (χ3v) is 5.13. The van der Waals surface area contributed by atoms with Crippen LogP contribution in [0.5, 0.6) is 0 Å². The van der Waals surface area contributed by atoms with Crippen molar-refractivity contribution in [1.82, 2.24) is 14.9 Å². The largest absolute Gasteiger partial charge is 0.368 e. The Labute approximate surface area is 171 Å². The number of hydrogen-bond acceptors (Lipinski definition) is 5. The molecule has 1 saturated heterocycles. The molecule has 0 spiro atoms. The molecule has 6 nitrogen and oxygen atoms in total. The summed E-state index contributed by atoms with van der Waals surface area (Å²) in [6, 6.07) is 20.4. The summed E-state index contributed by atoms with van der Waals surface area (Å²) in [5.41, 5.74) is 4.02. The first kappa shape index (κ1) is 18.9. The van der Waals surface area contributed by atoms with Crippen LogP contribution in [0.2, 0.25) is 0 Å². The Morgan fingerprint density at radius 3 is 2.52 bits per heavy atom. The average Bonchev–Trinajstić information content (AvgIpc) is 2.78. The van der Waals surface area contributed by atoms with E-state index in [0.29, 0.717) is 31.1 Å². The van der Waals surface area contributed by atoms with Crippen molar-refractivity contribution in [2.75, 3.05) is 36.4 Å². The predicted octanol–water partition coefficient (Wildman–Crippen LogP) is 3.36. The lowest BCUT2D eigenvalue weighted by atomic mass is 10.1. The topological polar surface area (TPSA) is 61.4 Å². The van der Waals surface area contributed by atoms with E-state index >= 15 is 0 Å². The van der Waals surface area contributed by atoms with Crippen molar-refractivity contribution in [3.05, 3.63) is 83.8 Å². The van der Waals surface area contributed by atoms with Gasteiger partial charge in [-0.05, 0) is 24.6 Å². The predicted molar refractivity (Wildman–Crippen MR) is 115 cm³/mol. The Morgan fingerprint density at radius 1 is 0.966 bits per heavy atom. The Balaban J connectivity index is 1.36. The number of rotatable bonds is 5. The summed E-state index contributed by atoms with van der Waals surface area (Å²) < 4.78 is 0. The van der Waals surface area contributed by atoms with Crippen molar-refractivity contribution in [1.29, 1.82) is 0 Å². The fourth-order valence-corrected chi connectivity index (χ4v) is 3.55. The van der Waals surface area contributed by atoms with E-state index in [4.69, 9.17) is 0 Å². The molecule has 1 aliphatic rings. The van der Waals surface area contributed by atoms with Gasteiger partial charge in [0.2, 0.25) is 0 Å². The van der Waals surface area contributed by atoms with Crippen LogP contribution in [0.1, 0.15) is 21.6 Å². The average molecular weight is 387 g/mol. The van der Waals surface area contributed by atoms with Gasteiger partial charge >= 0.3 is 0 Å². The van der Waals surface area contributed by atoms with Crippen LogP contribution in [-0.2, 0) is 6.54 Å². The summed E-state index contributed by atoms with van der Waals surface area (Å²) in [6.45, 7) is 5.73. The van der Waals surface area contributed by atoms with E-state index in [2.05, 4.69) is 57.4 Å². The molecule has 0 unspecified atom stereocenters. The SMILES string of the molecule is Cc1cccc(CNc2cc(C(=O)N3CCN(c4ccccc4)CC3)ncn2)c1. The number of carbonyl (C=O) groups excluding carboxylic acids is 1. The van der Waals surface area contributed by atoms with Gasteiger partial charge in [0.1, 0.15) is 17.8 Å². The molecule has 1 amide bonds. The molecule has 2 heterocycles. The van der Waals surface area contributed by atoms with Gasteiger partial charge < -0.3 is 15.1 Å². The summed E-state index contributed by atoms with van der Waals surface area (Å²) >= 11 is 0. The van der Waals surface area contributed by atoms with E-state index in [9.17, 15) is 4.79 Å². The summed E-state index contributed by atoms with van der Waals surface area (Å²) in [6.07, 6.45) is 1.45. The first-order valence-electron chi connectivity index (χ1n) is 9.90. The molecule has 6 heteroatoms. The quantitative estimate of drug-likeness (QED) is 0.727. The number of carbonyl (C=O) groups is 1. The van der Waals surface area contributed by atoms with Crippen LogP contribution < -0.4 is 10.2 Å². The second kappa shape index (κ2) is 8.73. The molecule has 2 aromatic carbocycles. The lowest BCUT2D eigenvalue weighted by Crippen LogP contribution is -2.49. The molecular weight excluding hydrogens is 362 g/mol. The molecule has 3 aromatic rings. The number of amides is 1. The van der Waals surface area contributed by atoms with Crippen molar-refractivity contribution in [2.24, 2.45) is 0 Å². The van der Waals surface area contributed by atoms with Crippen molar-refractivity contribution in [3.8, 4) is 0 Å². The zero-order valence-electron chi connectivity index (χ0n) is 16.6. The fraction of sp³-hybridized carbons (Fsp3) is 0.261. The number of aromatic nitrogens is 2. The van der Waals surface area contributed by atoms with E-state index in [1.165, 1.54) is 23.1 Å². The minimum Gasteiger partial charge on any atom is -0.368 e. The Kier molecular flexibility index (Phi) is 5.70. The normalized spacial score (nSPS) is 14.0. The highest BCUT2D eigenvalue weighted by molar-refractivity contribution is 5.93. The Hall–Kier alpha value is -3.41. The zero-order valence-corrected chi connectivity index (χ0v) is 16.6. The third-order valence-electron chi connectivity index (χ3n) is 5.13. The standard InChI is InChI=1S/C23H25N5O/c1-18-6-5-7-19(14-18)16-24-22-15-21(25-17-26-22)23(29)28-12-10-27(11-13-28)20-8-3-2-4-9-20/h2-9,14-15,17H,10-13,16H2,1H3,(H,24,25,26). The highest BCUT2D eigenvalue weighted by atomic mass is 16.2. The third kappa shape index (κ3) is 4.71. The van der Waals surface area contributed by atoms with Gasteiger partial charge in [0, 0.05) is 44.5 Å². The number of hydrogen-bond donors (Lipinski definition) is 1. The van der Waals surface area contributed by atoms with Gasteiger partial charge in [0.25, 0.3) is 5.91 Å². The van der Waals surface area contributed by atoms with Gasteiger partial charge in [0.05, 0.1) is 0 Å². The molecule has 0 bridgehead atoms. The summed E-state index contributed by atoms with van der Waals surface area (Å²) in [5.74, 6) is 0.617. The number of para-hydroxylation sites is 1. The number of nitrogens with one attached hydrogen (secondary N) is 1. The van der Waals surface area contributed by atoms with Crippen molar-refractivity contribution in [2.45, 2.75) is 13.5 Å². The van der Waals surface area contributed by atoms with Gasteiger partial charge in [0.15, 0.2) is 0 Å². The van der Waals surface area contributed by atoms with Crippen LogP contribution >= 0.6 is 0 Å². The maximum absolute atomic E-state index is 12.9. The number of nitrogens with zero attached hydrogens (tertiary/aromatic N) is 4. The monoisotopic (exact) mass is 387 g/mol. The van der Waals surface area contributed by atoms with Crippen LogP contribution in [0.3, 0.4) is 0 Å². The molecule has 4 rings (SSSR count). The van der Waals surface area contributed by atoms with Crippen LogP contribution in [0.15, 0.2) is 67.0 Å². The summed E-state index contributed by atoms with van der Waals surface area (Å²) in [7, 11) is 0. The van der Waals surface area contributed by atoms with Gasteiger partial charge in [-0.1, -0.05) is 48.0 Å². The maximum Gasteiger partial charge on any atom is 0.272 e. The highest BCUT2D eigenvalue weighted by Gasteiger charge is 2.23. The number of aryl methyl sites for hydroxylation is 1. The lowest BCUT2D eigenvalue weighted by molar-refractivity contribution is 0.0740. The summed E-state index contributed by atoms with van der Waals surface area (Å²) in [5, 5.41) is 3.28. The maximum atomic E-state index is 12.9. The second-order valence-electron chi connectivity index (χ2n) is 7.25. The van der Waals surface area contributed by atoms with Gasteiger partial charge in [-0.3, -0.25) is 4.79 Å². The molecule has 1 fully saturated rings. The first-order valence-corrected chi connectivity index (χ1v) is 9.90. The zero-order chi connectivity index (χ0) is 20.1. The number of anilines is 2. The van der Waals surface area contributed by atoms with E-state index in [-0.39, 0.29) is 5.91 Å². The van der Waals surface area contributed by atoms with Gasteiger partial charge in [-0.25, -0.2) is 9.97 Å². The van der Waals surface area contributed by atoms with E-state index in [0.717, 1.165) is 13.1 Å². The molecule has 1 aliphatic heterocycles. The first-order chi connectivity index (χ1) is 14.2.